The maximum absolute atomic E-state index is 12.0. The number of urea groups is 1. The van der Waals surface area contributed by atoms with E-state index in [0.29, 0.717) is 17.8 Å². The van der Waals surface area contributed by atoms with Crippen LogP contribution in [-0.2, 0) is 6.54 Å². The molecule has 2 amide bonds. The number of carbonyl (C=O) groups excluding carboxylic acids is 1. The molecule has 1 aromatic heterocycles. The second kappa shape index (κ2) is 6.55. The molecule has 6 heteroatoms. The minimum Gasteiger partial charge on any atom is -0.323 e. The summed E-state index contributed by atoms with van der Waals surface area (Å²) in [5.74, 6) is 0. The monoisotopic (exact) mass is 349 g/mol. The number of nitrogens with zero attached hydrogens (tertiary/aromatic N) is 2. The molecule has 1 N–H and O–H groups in total. The molecule has 0 atom stereocenters. The summed E-state index contributed by atoms with van der Waals surface area (Å²) in [7, 11) is 1.74. The van der Waals surface area contributed by atoms with Gasteiger partial charge in [-0.3, -0.25) is 0 Å². The van der Waals surface area contributed by atoms with Gasteiger partial charge in [0.05, 0.1) is 15.4 Å². The molecule has 0 spiro atoms. The van der Waals surface area contributed by atoms with Crippen LogP contribution in [0, 0.1) is 11.3 Å². The van der Waals surface area contributed by atoms with E-state index in [2.05, 4.69) is 21.2 Å². The number of rotatable bonds is 3. The molecule has 0 radical (unpaired) electrons. The maximum Gasteiger partial charge on any atom is 0.321 e. The van der Waals surface area contributed by atoms with E-state index in [1.807, 2.05) is 17.5 Å². The molecule has 2 rings (SSSR count). The molecule has 0 aliphatic carbocycles. The van der Waals surface area contributed by atoms with Gasteiger partial charge < -0.3 is 10.2 Å². The molecule has 102 valence electrons. The number of benzene rings is 1. The van der Waals surface area contributed by atoms with Crippen molar-refractivity contribution >= 4 is 39.0 Å². The fourth-order valence-electron chi connectivity index (χ4n) is 1.62. The Kier molecular flexibility index (Phi) is 4.77. The van der Waals surface area contributed by atoms with Crippen molar-refractivity contribution in [2.24, 2.45) is 0 Å². The number of anilines is 1. The highest BCUT2D eigenvalue weighted by Gasteiger charge is 2.10. The van der Waals surface area contributed by atoms with Crippen molar-refractivity contribution in [3.05, 3.63) is 50.6 Å². The zero-order valence-electron chi connectivity index (χ0n) is 10.8. The summed E-state index contributed by atoms with van der Waals surface area (Å²) in [6.45, 7) is 0.546. The van der Waals surface area contributed by atoms with E-state index in [4.69, 9.17) is 5.26 Å². The number of nitrogens with one attached hydrogen (secondary N) is 1. The van der Waals surface area contributed by atoms with Gasteiger partial charge in [-0.15, -0.1) is 11.3 Å². The van der Waals surface area contributed by atoms with Crippen LogP contribution in [0.15, 0.2) is 39.5 Å². The van der Waals surface area contributed by atoms with Crippen molar-refractivity contribution in [1.82, 2.24) is 4.90 Å². The number of halogens is 1. The summed E-state index contributed by atoms with van der Waals surface area (Å²) in [4.78, 5) is 13.6. The zero-order valence-corrected chi connectivity index (χ0v) is 13.2. The third-order valence-corrected chi connectivity index (χ3v) is 4.21. The van der Waals surface area contributed by atoms with Crippen LogP contribution in [0.5, 0.6) is 0 Å². The molecular formula is C14H12BrN3OS. The van der Waals surface area contributed by atoms with Gasteiger partial charge in [0.2, 0.25) is 0 Å². The molecule has 4 nitrogen and oxygen atoms in total. The lowest BCUT2D eigenvalue weighted by molar-refractivity contribution is 0.221. The van der Waals surface area contributed by atoms with Crippen LogP contribution in [0.2, 0.25) is 0 Å². The van der Waals surface area contributed by atoms with Crippen molar-refractivity contribution in [2.45, 2.75) is 6.54 Å². The number of carbonyl (C=O) groups is 1. The highest BCUT2D eigenvalue weighted by Crippen LogP contribution is 2.21. The third kappa shape index (κ3) is 3.83. The first-order valence-electron chi connectivity index (χ1n) is 5.83. The molecule has 1 heterocycles. The van der Waals surface area contributed by atoms with E-state index in [1.165, 1.54) is 0 Å². The smallest absolute Gasteiger partial charge is 0.321 e. The van der Waals surface area contributed by atoms with Gasteiger partial charge in [-0.1, -0.05) is 0 Å². The molecule has 0 bridgehead atoms. The molecule has 0 aliphatic rings. The maximum atomic E-state index is 12.0. The Hall–Kier alpha value is -1.84. The van der Waals surface area contributed by atoms with E-state index in [1.54, 1.807) is 47.5 Å². The van der Waals surface area contributed by atoms with E-state index >= 15 is 0 Å². The first-order chi connectivity index (χ1) is 9.58. The van der Waals surface area contributed by atoms with Crippen LogP contribution in [0.4, 0.5) is 10.5 Å². The Morgan fingerprint density at radius 3 is 2.70 bits per heavy atom. The number of amides is 2. The van der Waals surface area contributed by atoms with Gasteiger partial charge in [0.15, 0.2) is 0 Å². The second-order valence-electron chi connectivity index (χ2n) is 4.23. The Morgan fingerprint density at radius 1 is 1.45 bits per heavy atom. The van der Waals surface area contributed by atoms with Gasteiger partial charge in [-0.2, -0.15) is 5.26 Å². The highest BCUT2D eigenvalue weighted by atomic mass is 79.9. The fourth-order valence-corrected chi connectivity index (χ4v) is 2.82. The van der Waals surface area contributed by atoms with Crippen LogP contribution in [0.1, 0.15) is 11.1 Å². The summed E-state index contributed by atoms with van der Waals surface area (Å²) in [6.07, 6.45) is 0. The summed E-state index contributed by atoms with van der Waals surface area (Å²) in [6, 6.07) is 10.6. The van der Waals surface area contributed by atoms with Crippen molar-refractivity contribution in [3.8, 4) is 6.07 Å². The lowest BCUT2D eigenvalue weighted by atomic mass is 10.2. The largest absolute Gasteiger partial charge is 0.323 e. The van der Waals surface area contributed by atoms with Crippen LogP contribution in [-0.4, -0.2) is 18.0 Å². The van der Waals surface area contributed by atoms with E-state index in [9.17, 15) is 4.79 Å². The van der Waals surface area contributed by atoms with Gasteiger partial charge in [-0.25, -0.2) is 4.79 Å². The molecule has 20 heavy (non-hydrogen) atoms. The van der Waals surface area contributed by atoms with E-state index in [0.717, 1.165) is 9.35 Å². The molecule has 0 fully saturated rings. The SMILES string of the molecule is CN(Cc1csc(Br)c1)C(=O)Nc1ccc(C#N)cc1. The molecule has 0 saturated heterocycles. The second-order valence-corrected chi connectivity index (χ2v) is 6.52. The highest BCUT2D eigenvalue weighted by molar-refractivity contribution is 9.11. The van der Waals surface area contributed by atoms with Crippen molar-refractivity contribution in [1.29, 1.82) is 5.26 Å². The van der Waals surface area contributed by atoms with Crippen LogP contribution in [0.25, 0.3) is 0 Å². The first-order valence-corrected chi connectivity index (χ1v) is 7.51. The van der Waals surface area contributed by atoms with Gasteiger partial charge in [0.1, 0.15) is 0 Å². The van der Waals surface area contributed by atoms with Gasteiger partial charge in [0.25, 0.3) is 0 Å². The standard InChI is InChI=1S/C14H12BrN3OS/c1-18(8-11-6-13(15)20-9-11)14(19)17-12-4-2-10(7-16)3-5-12/h2-6,9H,8H2,1H3,(H,17,19). The Morgan fingerprint density at radius 2 is 2.15 bits per heavy atom. The number of thiophene rings is 1. The fraction of sp³-hybridized carbons (Fsp3) is 0.143. The van der Waals surface area contributed by atoms with E-state index < -0.39 is 0 Å². The van der Waals surface area contributed by atoms with Crippen molar-refractivity contribution in [3.63, 3.8) is 0 Å². The normalized spacial score (nSPS) is 9.85. The van der Waals surface area contributed by atoms with Gasteiger partial charge in [0, 0.05) is 19.3 Å². The predicted molar refractivity (Wildman–Crippen MR) is 83.7 cm³/mol. The number of nitriles is 1. The minimum absolute atomic E-state index is 0.183. The molecular weight excluding hydrogens is 338 g/mol. The lowest BCUT2D eigenvalue weighted by Crippen LogP contribution is -2.30. The number of hydrogen-bond donors (Lipinski definition) is 1. The van der Waals surface area contributed by atoms with Crippen LogP contribution >= 0.6 is 27.3 Å². The summed E-state index contributed by atoms with van der Waals surface area (Å²) in [5.41, 5.74) is 2.33. The molecule has 0 saturated carbocycles. The summed E-state index contributed by atoms with van der Waals surface area (Å²) in [5, 5.41) is 13.5. The topological polar surface area (TPSA) is 56.1 Å². The third-order valence-electron chi connectivity index (χ3n) is 2.65. The van der Waals surface area contributed by atoms with Crippen molar-refractivity contribution < 1.29 is 4.79 Å². The first kappa shape index (κ1) is 14.6. The quantitative estimate of drug-likeness (QED) is 0.908. The Balaban J connectivity index is 1.95. The predicted octanol–water partition coefficient (Wildman–Crippen LogP) is 4.05. The molecule has 2 aromatic rings. The van der Waals surface area contributed by atoms with Crippen LogP contribution in [0.3, 0.4) is 0 Å². The summed E-state index contributed by atoms with van der Waals surface area (Å²) < 4.78 is 1.05. The van der Waals surface area contributed by atoms with Gasteiger partial charge in [-0.05, 0) is 57.2 Å². The average Bonchev–Trinajstić information content (AvgIpc) is 2.85. The number of hydrogen-bond acceptors (Lipinski definition) is 3. The summed E-state index contributed by atoms with van der Waals surface area (Å²) >= 11 is 4.99. The Labute approximate surface area is 129 Å². The van der Waals surface area contributed by atoms with Gasteiger partial charge >= 0.3 is 6.03 Å². The average molecular weight is 350 g/mol. The molecule has 0 aliphatic heterocycles. The Bertz CT molecular complexity index is 645. The molecule has 1 aromatic carbocycles. The van der Waals surface area contributed by atoms with Crippen molar-refractivity contribution in [2.75, 3.05) is 12.4 Å². The lowest BCUT2D eigenvalue weighted by Gasteiger charge is -2.17. The minimum atomic E-state index is -0.183. The van der Waals surface area contributed by atoms with Crippen LogP contribution < -0.4 is 5.32 Å². The van der Waals surface area contributed by atoms with E-state index in [-0.39, 0.29) is 6.03 Å². The zero-order chi connectivity index (χ0) is 14.5. The molecule has 0 unspecified atom stereocenters.